The predicted octanol–water partition coefficient (Wildman–Crippen LogP) is 0.454. The highest BCUT2D eigenvalue weighted by Gasteiger charge is 2.02. The maximum absolute atomic E-state index is 5.63. The Labute approximate surface area is 63.6 Å². The van der Waals surface area contributed by atoms with Crippen molar-refractivity contribution in [3.63, 3.8) is 0 Å². The van der Waals surface area contributed by atoms with Crippen LogP contribution in [0.5, 0.6) is 0 Å². The zero-order valence-corrected chi connectivity index (χ0v) is 6.15. The Kier molecular flexibility index (Phi) is 1.09. The number of aryl methyl sites for hydroxylation is 1. The van der Waals surface area contributed by atoms with Gasteiger partial charge in [-0.1, -0.05) is 0 Å². The van der Waals surface area contributed by atoms with E-state index in [0.717, 1.165) is 17.0 Å². The highest BCUT2D eigenvalue weighted by atomic mass is 15.3. The van der Waals surface area contributed by atoms with Gasteiger partial charge in [-0.25, -0.2) is 14.6 Å². The van der Waals surface area contributed by atoms with Crippen LogP contribution in [0.15, 0.2) is 18.3 Å². The fourth-order valence-electron chi connectivity index (χ4n) is 1.04. The van der Waals surface area contributed by atoms with E-state index in [-0.39, 0.29) is 0 Å². The number of nitrogens with two attached hydrogens (primary N) is 1. The Hall–Kier alpha value is -1.58. The summed E-state index contributed by atoms with van der Waals surface area (Å²) in [5.74, 6) is 6.41. The molecule has 11 heavy (non-hydrogen) atoms. The second kappa shape index (κ2) is 1.95. The van der Waals surface area contributed by atoms with E-state index >= 15 is 0 Å². The molecule has 0 saturated carbocycles. The lowest BCUT2D eigenvalue weighted by Crippen LogP contribution is -2.10. The molecular weight excluding hydrogens is 140 g/mol. The monoisotopic (exact) mass is 148 g/mol. The molecule has 4 nitrogen and oxygen atoms in total. The van der Waals surface area contributed by atoms with E-state index in [0.29, 0.717) is 0 Å². The molecular formula is C7H8N4. The van der Waals surface area contributed by atoms with Crippen LogP contribution in [0.1, 0.15) is 5.82 Å². The largest absolute Gasteiger partial charge is 0.336 e. The van der Waals surface area contributed by atoms with Crippen LogP contribution in [-0.2, 0) is 0 Å². The van der Waals surface area contributed by atoms with Crippen LogP contribution < -0.4 is 5.84 Å². The molecule has 2 heterocycles. The first-order chi connectivity index (χ1) is 5.29. The molecule has 0 saturated heterocycles. The number of fused-ring (bicyclic) bond motifs is 1. The van der Waals surface area contributed by atoms with E-state index < -0.39 is 0 Å². The van der Waals surface area contributed by atoms with Gasteiger partial charge in [-0.15, -0.1) is 0 Å². The van der Waals surface area contributed by atoms with Crippen LogP contribution in [0.25, 0.3) is 11.2 Å². The van der Waals surface area contributed by atoms with Gasteiger partial charge in [0.05, 0.1) is 0 Å². The molecule has 0 radical (unpaired) electrons. The van der Waals surface area contributed by atoms with Crippen LogP contribution in [0.2, 0.25) is 0 Å². The first kappa shape index (κ1) is 6.15. The topological polar surface area (TPSA) is 56.7 Å². The van der Waals surface area contributed by atoms with Crippen molar-refractivity contribution in [2.45, 2.75) is 6.92 Å². The van der Waals surface area contributed by atoms with Gasteiger partial charge in [-0.2, -0.15) is 0 Å². The van der Waals surface area contributed by atoms with Gasteiger partial charge in [-0.3, -0.25) is 0 Å². The van der Waals surface area contributed by atoms with Gasteiger partial charge in [0.15, 0.2) is 5.65 Å². The van der Waals surface area contributed by atoms with Crippen LogP contribution in [0.4, 0.5) is 0 Å². The van der Waals surface area contributed by atoms with Gasteiger partial charge in [0.2, 0.25) is 0 Å². The molecule has 2 aromatic heterocycles. The minimum absolute atomic E-state index is 0.727. The Bertz CT molecular complexity index is 390. The predicted molar refractivity (Wildman–Crippen MR) is 42.4 cm³/mol. The number of imidazole rings is 1. The average molecular weight is 148 g/mol. The van der Waals surface area contributed by atoms with Gasteiger partial charge in [-0.05, 0) is 19.1 Å². The lowest BCUT2D eigenvalue weighted by Gasteiger charge is -1.92. The second-order valence-electron chi connectivity index (χ2n) is 2.38. The Balaban J connectivity index is 2.92. The molecule has 0 aromatic carbocycles. The summed E-state index contributed by atoms with van der Waals surface area (Å²) in [6.07, 6.45) is 1.70. The molecule has 2 N–H and O–H groups in total. The third kappa shape index (κ3) is 0.756. The highest BCUT2D eigenvalue weighted by Crippen LogP contribution is 2.08. The van der Waals surface area contributed by atoms with Crippen LogP contribution in [-0.4, -0.2) is 14.6 Å². The summed E-state index contributed by atoms with van der Waals surface area (Å²) in [6.45, 7) is 1.85. The molecule has 2 aromatic rings. The van der Waals surface area contributed by atoms with Crippen molar-refractivity contribution in [2.24, 2.45) is 0 Å². The van der Waals surface area contributed by atoms with Gasteiger partial charge in [0, 0.05) is 6.20 Å². The lowest BCUT2D eigenvalue weighted by molar-refractivity contribution is 0.942. The van der Waals surface area contributed by atoms with Gasteiger partial charge in [0.1, 0.15) is 11.3 Å². The molecule has 0 bridgehead atoms. The van der Waals surface area contributed by atoms with Crippen molar-refractivity contribution in [1.82, 2.24) is 14.6 Å². The normalized spacial score (nSPS) is 10.6. The SMILES string of the molecule is Cc1nc2cccnc2n1N. The first-order valence-corrected chi connectivity index (χ1v) is 3.34. The summed E-state index contributed by atoms with van der Waals surface area (Å²) in [5.41, 5.74) is 1.57. The molecule has 0 aliphatic rings. The average Bonchev–Trinajstić information content (AvgIpc) is 2.30. The van der Waals surface area contributed by atoms with Crippen molar-refractivity contribution in [1.29, 1.82) is 0 Å². The van der Waals surface area contributed by atoms with E-state index in [9.17, 15) is 0 Å². The van der Waals surface area contributed by atoms with Crippen LogP contribution in [0.3, 0.4) is 0 Å². The van der Waals surface area contributed by atoms with E-state index in [4.69, 9.17) is 5.84 Å². The number of pyridine rings is 1. The molecule has 0 fully saturated rings. The minimum atomic E-state index is 0.727. The maximum Gasteiger partial charge on any atom is 0.178 e. The van der Waals surface area contributed by atoms with Crippen molar-refractivity contribution < 1.29 is 0 Å². The maximum atomic E-state index is 5.63. The Morgan fingerprint density at radius 3 is 3.09 bits per heavy atom. The molecule has 0 amide bonds. The van der Waals surface area contributed by atoms with Crippen molar-refractivity contribution in [3.8, 4) is 0 Å². The second-order valence-corrected chi connectivity index (χ2v) is 2.38. The molecule has 0 atom stereocenters. The zero-order valence-electron chi connectivity index (χ0n) is 6.15. The van der Waals surface area contributed by atoms with Gasteiger partial charge in [0.25, 0.3) is 0 Å². The highest BCUT2D eigenvalue weighted by molar-refractivity contribution is 5.70. The number of hydrogen-bond donors (Lipinski definition) is 1. The summed E-state index contributed by atoms with van der Waals surface area (Å²) in [4.78, 5) is 8.27. The molecule has 4 heteroatoms. The number of nitrogens with zero attached hydrogens (tertiary/aromatic N) is 3. The molecule has 56 valence electrons. The number of nitrogen functional groups attached to an aromatic ring is 1. The fourth-order valence-corrected chi connectivity index (χ4v) is 1.04. The van der Waals surface area contributed by atoms with E-state index in [1.165, 1.54) is 4.68 Å². The van der Waals surface area contributed by atoms with Crippen LogP contribution in [0, 0.1) is 6.92 Å². The van der Waals surface area contributed by atoms with E-state index in [1.54, 1.807) is 6.20 Å². The standard InChI is InChI=1S/C7H8N4/c1-5-10-6-3-2-4-9-7(6)11(5)8/h2-4H,8H2,1H3. The van der Waals surface area contributed by atoms with Gasteiger partial charge >= 0.3 is 0 Å². The third-order valence-corrected chi connectivity index (χ3v) is 1.63. The van der Waals surface area contributed by atoms with E-state index in [1.807, 2.05) is 19.1 Å². The summed E-state index contributed by atoms with van der Waals surface area (Å²) in [5, 5.41) is 0. The first-order valence-electron chi connectivity index (χ1n) is 3.34. The summed E-state index contributed by atoms with van der Waals surface area (Å²) < 4.78 is 1.48. The fraction of sp³-hybridized carbons (Fsp3) is 0.143. The zero-order chi connectivity index (χ0) is 7.84. The quantitative estimate of drug-likeness (QED) is 0.552. The van der Waals surface area contributed by atoms with Gasteiger partial charge < -0.3 is 5.84 Å². The van der Waals surface area contributed by atoms with Crippen LogP contribution >= 0.6 is 0 Å². The number of rotatable bonds is 0. The molecule has 2 rings (SSSR count). The van der Waals surface area contributed by atoms with Crippen molar-refractivity contribution in [3.05, 3.63) is 24.2 Å². The van der Waals surface area contributed by atoms with Crippen molar-refractivity contribution in [2.75, 3.05) is 5.84 Å². The summed E-state index contributed by atoms with van der Waals surface area (Å²) in [7, 11) is 0. The minimum Gasteiger partial charge on any atom is -0.336 e. The van der Waals surface area contributed by atoms with Crippen molar-refractivity contribution >= 4 is 11.2 Å². The number of aromatic nitrogens is 3. The number of hydrogen-bond acceptors (Lipinski definition) is 3. The lowest BCUT2D eigenvalue weighted by atomic mass is 10.4. The third-order valence-electron chi connectivity index (χ3n) is 1.63. The molecule has 0 aliphatic carbocycles. The molecule has 0 spiro atoms. The van der Waals surface area contributed by atoms with E-state index in [2.05, 4.69) is 9.97 Å². The smallest absolute Gasteiger partial charge is 0.178 e. The molecule has 0 aliphatic heterocycles. The summed E-state index contributed by atoms with van der Waals surface area (Å²) >= 11 is 0. The summed E-state index contributed by atoms with van der Waals surface area (Å²) in [6, 6.07) is 3.73. The Morgan fingerprint density at radius 1 is 1.55 bits per heavy atom. The Morgan fingerprint density at radius 2 is 2.36 bits per heavy atom. The molecule has 0 unspecified atom stereocenters.